The number of ether oxygens (including phenoxy) is 1. The zero-order valence-electron chi connectivity index (χ0n) is 12.9. The van der Waals surface area contributed by atoms with E-state index in [9.17, 15) is 4.79 Å². The second-order valence-corrected chi connectivity index (χ2v) is 6.20. The van der Waals surface area contributed by atoms with Gasteiger partial charge in [-0.2, -0.15) is 0 Å². The van der Waals surface area contributed by atoms with E-state index in [4.69, 9.17) is 16.3 Å². The third kappa shape index (κ3) is 2.88. The molecule has 3 aromatic rings. The molecule has 0 radical (unpaired) electrons. The number of hydrogen-bond acceptors (Lipinski definition) is 3. The molecular formula is C18H16ClN3O2. The fraction of sp³-hybridized carbons (Fsp3) is 0.222. The molecule has 1 atom stereocenters. The number of morpholine rings is 1. The third-order valence-electron chi connectivity index (χ3n) is 4.16. The second-order valence-electron chi connectivity index (χ2n) is 5.76. The Bertz CT molecular complexity index is 878. The standard InChI is InChI=1S/C18H16ClN3O2/c19-14-6-7-17-20-15(11-22(17)10-14)18(23)21-8-9-24-16(12-21)13-4-2-1-3-5-13/h1-7,10-11,16H,8-9,12H2. The van der Waals surface area contributed by atoms with Crippen LogP contribution in [0.1, 0.15) is 22.2 Å². The van der Waals surface area contributed by atoms with E-state index < -0.39 is 0 Å². The molecule has 0 bridgehead atoms. The fourth-order valence-electron chi connectivity index (χ4n) is 2.93. The zero-order chi connectivity index (χ0) is 16.5. The summed E-state index contributed by atoms with van der Waals surface area (Å²) in [6.07, 6.45) is 3.36. The summed E-state index contributed by atoms with van der Waals surface area (Å²) < 4.78 is 7.59. The lowest BCUT2D eigenvalue weighted by Gasteiger charge is -2.32. The SMILES string of the molecule is O=C(c1cn2cc(Cl)ccc2n1)N1CCOC(c2ccccc2)C1. The average molecular weight is 342 g/mol. The Hall–Kier alpha value is -2.37. The van der Waals surface area contributed by atoms with Gasteiger partial charge in [-0.1, -0.05) is 41.9 Å². The molecule has 1 unspecified atom stereocenters. The maximum atomic E-state index is 12.8. The molecule has 0 spiro atoms. The van der Waals surface area contributed by atoms with Crippen molar-refractivity contribution in [1.29, 1.82) is 0 Å². The quantitative estimate of drug-likeness (QED) is 0.719. The zero-order valence-corrected chi connectivity index (χ0v) is 13.7. The first-order chi connectivity index (χ1) is 11.7. The van der Waals surface area contributed by atoms with Crippen LogP contribution in [0.4, 0.5) is 0 Å². The first kappa shape index (κ1) is 15.2. The molecule has 0 saturated carbocycles. The Balaban J connectivity index is 1.56. The van der Waals surface area contributed by atoms with Crippen molar-refractivity contribution < 1.29 is 9.53 Å². The predicted octanol–water partition coefficient (Wildman–Crippen LogP) is 3.20. The molecule has 0 N–H and O–H groups in total. The van der Waals surface area contributed by atoms with Crippen molar-refractivity contribution in [1.82, 2.24) is 14.3 Å². The molecule has 1 aromatic carbocycles. The van der Waals surface area contributed by atoms with Gasteiger partial charge in [-0.05, 0) is 17.7 Å². The van der Waals surface area contributed by atoms with Crippen molar-refractivity contribution in [3.05, 3.63) is 71.1 Å². The van der Waals surface area contributed by atoms with Crippen molar-refractivity contribution in [3.63, 3.8) is 0 Å². The molecule has 1 amide bonds. The minimum absolute atomic E-state index is 0.0842. The van der Waals surface area contributed by atoms with Crippen LogP contribution in [-0.2, 0) is 4.74 Å². The number of carbonyl (C=O) groups excluding carboxylic acids is 1. The summed E-state index contributed by atoms with van der Waals surface area (Å²) in [5.74, 6) is -0.0842. The van der Waals surface area contributed by atoms with Gasteiger partial charge in [0.1, 0.15) is 17.4 Å². The maximum absolute atomic E-state index is 12.8. The number of hydrogen-bond donors (Lipinski definition) is 0. The normalized spacial score (nSPS) is 18.0. The number of aromatic nitrogens is 2. The van der Waals surface area contributed by atoms with Gasteiger partial charge in [0, 0.05) is 18.9 Å². The van der Waals surface area contributed by atoms with Crippen molar-refractivity contribution >= 4 is 23.2 Å². The van der Waals surface area contributed by atoms with E-state index in [2.05, 4.69) is 4.98 Å². The molecule has 2 aromatic heterocycles. The highest BCUT2D eigenvalue weighted by molar-refractivity contribution is 6.30. The minimum atomic E-state index is -0.102. The number of imidazole rings is 1. The number of pyridine rings is 1. The van der Waals surface area contributed by atoms with Gasteiger partial charge in [0.15, 0.2) is 0 Å². The van der Waals surface area contributed by atoms with Crippen LogP contribution in [0.25, 0.3) is 5.65 Å². The van der Waals surface area contributed by atoms with Gasteiger partial charge in [0.05, 0.1) is 18.2 Å². The summed E-state index contributed by atoms with van der Waals surface area (Å²) >= 11 is 5.98. The van der Waals surface area contributed by atoms with Gasteiger partial charge in [-0.3, -0.25) is 4.79 Å². The van der Waals surface area contributed by atoms with Crippen LogP contribution < -0.4 is 0 Å². The molecule has 5 nitrogen and oxygen atoms in total. The topological polar surface area (TPSA) is 46.8 Å². The smallest absolute Gasteiger partial charge is 0.274 e. The van der Waals surface area contributed by atoms with Crippen molar-refractivity contribution in [2.45, 2.75) is 6.10 Å². The number of rotatable bonds is 2. The van der Waals surface area contributed by atoms with Gasteiger partial charge in [-0.25, -0.2) is 4.98 Å². The first-order valence-electron chi connectivity index (χ1n) is 7.81. The monoisotopic (exact) mass is 341 g/mol. The van der Waals surface area contributed by atoms with E-state index >= 15 is 0 Å². The minimum Gasteiger partial charge on any atom is -0.370 e. The van der Waals surface area contributed by atoms with E-state index in [0.717, 1.165) is 5.56 Å². The largest absolute Gasteiger partial charge is 0.370 e. The highest BCUT2D eigenvalue weighted by atomic mass is 35.5. The second kappa shape index (κ2) is 6.26. The van der Waals surface area contributed by atoms with E-state index in [1.165, 1.54) is 0 Å². The van der Waals surface area contributed by atoms with Crippen molar-refractivity contribution in [2.24, 2.45) is 0 Å². The van der Waals surface area contributed by atoms with Gasteiger partial charge in [-0.15, -0.1) is 0 Å². The summed E-state index contributed by atoms with van der Waals surface area (Å²) in [5.41, 5.74) is 2.21. The van der Waals surface area contributed by atoms with Crippen molar-refractivity contribution in [2.75, 3.05) is 19.7 Å². The van der Waals surface area contributed by atoms with Crippen LogP contribution in [0.15, 0.2) is 54.9 Å². The molecule has 24 heavy (non-hydrogen) atoms. The summed E-state index contributed by atoms with van der Waals surface area (Å²) in [5, 5.41) is 0.606. The number of fused-ring (bicyclic) bond motifs is 1. The van der Waals surface area contributed by atoms with Crippen LogP contribution in [0.5, 0.6) is 0 Å². The Morgan fingerprint density at radius 3 is 2.83 bits per heavy atom. The summed E-state index contributed by atoms with van der Waals surface area (Å²) in [6.45, 7) is 1.61. The number of nitrogens with zero attached hydrogens (tertiary/aromatic N) is 3. The molecule has 6 heteroatoms. The Morgan fingerprint density at radius 1 is 1.17 bits per heavy atom. The molecule has 1 aliphatic heterocycles. The third-order valence-corrected chi connectivity index (χ3v) is 4.38. The molecular weight excluding hydrogens is 326 g/mol. The average Bonchev–Trinajstić information content (AvgIpc) is 3.05. The van der Waals surface area contributed by atoms with Crippen LogP contribution >= 0.6 is 11.6 Å². The Labute approximate surface area is 144 Å². The summed E-state index contributed by atoms with van der Waals surface area (Å²) in [7, 11) is 0. The van der Waals surface area contributed by atoms with Gasteiger partial charge >= 0.3 is 0 Å². The first-order valence-corrected chi connectivity index (χ1v) is 8.18. The molecule has 1 saturated heterocycles. The number of carbonyl (C=O) groups is 1. The van der Waals surface area contributed by atoms with Crippen LogP contribution in [0.3, 0.4) is 0 Å². The van der Waals surface area contributed by atoms with Crippen LogP contribution in [0, 0.1) is 0 Å². The molecule has 122 valence electrons. The lowest BCUT2D eigenvalue weighted by atomic mass is 10.1. The number of benzene rings is 1. The number of halogens is 1. The lowest BCUT2D eigenvalue weighted by Crippen LogP contribution is -2.42. The van der Waals surface area contributed by atoms with Gasteiger partial charge in [0.25, 0.3) is 5.91 Å². The van der Waals surface area contributed by atoms with Gasteiger partial charge in [0.2, 0.25) is 0 Å². The lowest BCUT2D eigenvalue weighted by molar-refractivity contribution is -0.0229. The van der Waals surface area contributed by atoms with Crippen molar-refractivity contribution in [3.8, 4) is 0 Å². The molecule has 1 fully saturated rings. The molecule has 0 aliphatic carbocycles. The highest BCUT2D eigenvalue weighted by Crippen LogP contribution is 2.23. The highest BCUT2D eigenvalue weighted by Gasteiger charge is 2.27. The summed E-state index contributed by atoms with van der Waals surface area (Å²) in [6, 6.07) is 13.5. The van der Waals surface area contributed by atoms with E-state index in [1.54, 1.807) is 33.8 Å². The number of amides is 1. The van der Waals surface area contributed by atoms with Crippen LogP contribution in [-0.4, -0.2) is 39.9 Å². The fourth-order valence-corrected chi connectivity index (χ4v) is 3.10. The molecule has 4 rings (SSSR count). The Kier molecular flexibility index (Phi) is 3.96. The molecule has 3 heterocycles. The molecule has 1 aliphatic rings. The Morgan fingerprint density at radius 2 is 2.00 bits per heavy atom. The maximum Gasteiger partial charge on any atom is 0.274 e. The van der Waals surface area contributed by atoms with E-state index in [0.29, 0.717) is 36.1 Å². The van der Waals surface area contributed by atoms with E-state index in [-0.39, 0.29) is 12.0 Å². The predicted molar refractivity (Wildman–Crippen MR) is 91.2 cm³/mol. The van der Waals surface area contributed by atoms with Gasteiger partial charge < -0.3 is 14.0 Å². The van der Waals surface area contributed by atoms with Crippen LogP contribution in [0.2, 0.25) is 5.02 Å². The summed E-state index contributed by atoms with van der Waals surface area (Å²) in [4.78, 5) is 19.0. The van der Waals surface area contributed by atoms with E-state index in [1.807, 2.05) is 30.3 Å².